The molecule has 26 heavy (non-hydrogen) atoms. The molecule has 0 radical (unpaired) electrons. The Morgan fingerprint density at radius 3 is 2.77 bits per heavy atom. The van der Waals surface area contributed by atoms with Crippen molar-refractivity contribution in [3.05, 3.63) is 16.3 Å². The van der Waals surface area contributed by atoms with Crippen LogP contribution >= 0.6 is 0 Å². The van der Waals surface area contributed by atoms with E-state index in [1.165, 1.54) is 16.2 Å². The van der Waals surface area contributed by atoms with Crippen molar-refractivity contribution in [2.24, 2.45) is 7.05 Å². The van der Waals surface area contributed by atoms with E-state index in [0.717, 1.165) is 0 Å². The molecule has 10 heteroatoms. The molecule has 1 fully saturated rings. The number of piperazine rings is 1. The molecule has 3 rings (SSSR count). The maximum Gasteiger partial charge on any atom is 0.350 e. The molecule has 0 bridgehead atoms. The van der Waals surface area contributed by atoms with Crippen LogP contribution in [0.5, 0.6) is 0 Å². The first-order chi connectivity index (χ1) is 12.3. The lowest BCUT2D eigenvalue weighted by Crippen LogP contribution is -2.55. The van der Waals surface area contributed by atoms with E-state index in [9.17, 15) is 13.6 Å². The van der Waals surface area contributed by atoms with Crippen molar-refractivity contribution in [1.29, 1.82) is 5.26 Å². The summed E-state index contributed by atoms with van der Waals surface area (Å²) in [5.74, 6) is 0.596. The van der Waals surface area contributed by atoms with Gasteiger partial charge >= 0.3 is 5.69 Å². The molecule has 0 saturated carbocycles. The van der Waals surface area contributed by atoms with Crippen LogP contribution in [0.2, 0.25) is 0 Å². The first-order valence-corrected chi connectivity index (χ1v) is 8.44. The summed E-state index contributed by atoms with van der Waals surface area (Å²) in [6.45, 7) is 4.72. The van der Waals surface area contributed by atoms with E-state index in [1.54, 1.807) is 0 Å². The van der Waals surface area contributed by atoms with Gasteiger partial charge in [-0.25, -0.2) is 18.6 Å². The molecule has 0 unspecified atom stereocenters. The van der Waals surface area contributed by atoms with Crippen LogP contribution in [0.4, 0.5) is 14.6 Å². The van der Waals surface area contributed by atoms with Crippen molar-refractivity contribution in [2.45, 2.75) is 45.3 Å². The summed E-state index contributed by atoms with van der Waals surface area (Å²) >= 11 is 0. The first kappa shape index (κ1) is 18.3. The molecule has 140 valence electrons. The average Bonchev–Trinajstić information content (AvgIpc) is 2.92. The van der Waals surface area contributed by atoms with E-state index >= 15 is 0 Å². The topological polar surface area (TPSA) is 91.8 Å². The lowest BCUT2D eigenvalue weighted by atomic mass is 10.1. The number of imidazole rings is 1. The Bertz CT molecular complexity index is 914. The zero-order chi connectivity index (χ0) is 19.0. The second-order valence-electron chi connectivity index (χ2n) is 6.62. The van der Waals surface area contributed by atoms with E-state index in [4.69, 9.17) is 5.26 Å². The third-order valence-electron chi connectivity index (χ3n) is 4.63. The summed E-state index contributed by atoms with van der Waals surface area (Å²) in [7, 11) is 1.48. The Morgan fingerprint density at radius 1 is 1.38 bits per heavy atom. The number of alkyl halides is 2. The molecule has 0 aliphatic carbocycles. The zero-order valence-electron chi connectivity index (χ0n) is 14.9. The van der Waals surface area contributed by atoms with Crippen molar-refractivity contribution >= 4 is 17.0 Å². The highest BCUT2D eigenvalue weighted by molar-refractivity contribution is 5.84. The predicted molar refractivity (Wildman–Crippen MR) is 92.4 cm³/mol. The van der Waals surface area contributed by atoms with Crippen molar-refractivity contribution in [3.63, 3.8) is 0 Å². The Labute approximate surface area is 149 Å². The van der Waals surface area contributed by atoms with Crippen LogP contribution in [0.25, 0.3) is 11.2 Å². The van der Waals surface area contributed by atoms with Gasteiger partial charge < -0.3 is 14.8 Å². The summed E-state index contributed by atoms with van der Waals surface area (Å²) in [5, 5.41) is 12.4. The van der Waals surface area contributed by atoms with Crippen LogP contribution in [0, 0.1) is 11.3 Å². The largest absolute Gasteiger partial charge is 0.350 e. The molecule has 1 saturated heterocycles. The van der Waals surface area contributed by atoms with Gasteiger partial charge in [0.15, 0.2) is 5.82 Å². The van der Waals surface area contributed by atoms with Crippen LogP contribution in [0.3, 0.4) is 0 Å². The van der Waals surface area contributed by atoms with Gasteiger partial charge in [-0.2, -0.15) is 10.2 Å². The number of nitriles is 1. The van der Waals surface area contributed by atoms with E-state index in [1.807, 2.05) is 24.8 Å². The third kappa shape index (κ3) is 3.14. The number of hydrogen-bond donors (Lipinski definition) is 1. The number of hydrogen-bond acceptors (Lipinski definition) is 6. The normalized spacial score (nSPS) is 20.7. The van der Waals surface area contributed by atoms with E-state index < -0.39 is 18.7 Å². The van der Waals surface area contributed by atoms with Crippen molar-refractivity contribution in [1.82, 2.24) is 24.4 Å². The maximum absolute atomic E-state index is 13.1. The van der Waals surface area contributed by atoms with Gasteiger partial charge in [0, 0.05) is 32.2 Å². The summed E-state index contributed by atoms with van der Waals surface area (Å²) in [6, 6.07) is 2.20. The van der Waals surface area contributed by atoms with Crippen LogP contribution < -0.4 is 15.9 Å². The van der Waals surface area contributed by atoms with Gasteiger partial charge in [0.25, 0.3) is 6.43 Å². The highest BCUT2D eigenvalue weighted by Gasteiger charge is 2.29. The predicted octanol–water partition coefficient (Wildman–Crippen LogP) is 0.648. The van der Waals surface area contributed by atoms with Gasteiger partial charge in [-0.15, -0.1) is 0 Å². The Balaban J connectivity index is 2.27. The molecule has 0 spiro atoms. The van der Waals surface area contributed by atoms with Gasteiger partial charge in [-0.1, -0.05) is 0 Å². The number of halogens is 2. The minimum Gasteiger partial charge on any atom is -0.349 e. The molecular weight excluding hydrogens is 344 g/mol. The number of aryl methyl sites for hydroxylation is 1. The molecule has 0 aromatic carbocycles. The molecule has 0 amide bonds. The molecule has 3 heterocycles. The molecule has 1 aliphatic rings. The maximum atomic E-state index is 13.1. The van der Waals surface area contributed by atoms with Crippen LogP contribution in [-0.4, -0.2) is 50.7 Å². The van der Waals surface area contributed by atoms with Crippen molar-refractivity contribution in [2.75, 3.05) is 18.0 Å². The molecule has 2 aromatic rings. The average molecular weight is 365 g/mol. The molecule has 2 atom stereocenters. The lowest BCUT2D eigenvalue weighted by Gasteiger charge is -2.38. The monoisotopic (exact) mass is 365 g/mol. The fraction of sp³-hybridized carbons (Fsp3) is 0.625. The molecule has 8 nitrogen and oxygen atoms in total. The third-order valence-corrected chi connectivity index (χ3v) is 4.63. The minimum absolute atomic E-state index is 0.0636. The molecule has 1 N–H and O–H groups in total. The highest BCUT2D eigenvalue weighted by atomic mass is 19.3. The first-order valence-electron chi connectivity index (χ1n) is 8.44. The van der Waals surface area contributed by atoms with Crippen molar-refractivity contribution < 1.29 is 8.78 Å². The number of anilines is 1. The fourth-order valence-electron chi connectivity index (χ4n) is 3.34. The number of fused-ring (bicyclic) bond motifs is 1. The van der Waals surface area contributed by atoms with Gasteiger partial charge in [-0.3, -0.25) is 4.57 Å². The molecule has 1 aliphatic heterocycles. The number of rotatable bonds is 4. The zero-order valence-corrected chi connectivity index (χ0v) is 14.9. The fourth-order valence-corrected chi connectivity index (χ4v) is 3.34. The van der Waals surface area contributed by atoms with Gasteiger partial charge in [0.05, 0.1) is 19.0 Å². The number of nitrogens with one attached hydrogen (secondary N) is 1. The summed E-state index contributed by atoms with van der Waals surface area (Å²) in [4.78, 5) is 23.0. The number of nitrogens with zero attached hydrogens (tertiary/aromatic N) is 6. The van der Waals surface area contributed by atoms with Crippen LogP contribution in [0.15, 0.2) is 4.79 Å². The summed E-state index contributed by atoms with van der Waals surface area (Å²) < 4.78 is 28.7. The molecule has 2 aromatic heterocycles. The van der Waals surface area contributed by atoms with E-state index in [-0.39, 0.29) is 30.0 Å². The Kier molecular flexibility index (Phi) is 4.91. The number of aromatic nitrogens is 4. The summed E-state index contributed by atoms with van der Waals surface area (Å²) in [6.07, 6.45) is -2.75. The van der Waals surface area contributed by atoms with Crippen LogP contribution in [-0.2, 0) is 20.0 Å². The van der Waals surface area contributed by atoms with Crippen molar-refractivity contribution in [3.8, 4) is 6.07 Å². The Morgan fingerprint density at radius 2 is 2.12 bits per heavy atom. The second-order valence-corrected chi connectivity index (χ2v) is 6.62. The lowest BCUT2D eigenvalue weighted by molar-refractivity contribution is 0.126. The molecular formula is C16H21F2N7O. The van der Waals surface area contributed by atoms with E-state index in [2.05, 4.69) is 15.3 Å². The Hall–Kier alpha value is -2.54. The smallest absolute Gasteiger partial charge is 0.349 e. The van der Waals surface area contributed by atoms with Crippen LogP contribution in [0.1, 0.15) is 19.7 Å². The van der Waals surface area contributed by atoms with Gasteiger partial charge in [0.1, 0.15) is 17.0 Å². The quantitative estimate of drug-likeness (QED) is 0.855. The highest BCUT2D eigenvalue weighted by Crippen LogP contribution is 2.27. The minimum atomic E-state index is -2.63. The van der Waals surface area contributed by atoms with Gasteiger partial charge in [0.2, 0.25) is 0 Å². The summed E-state index contributed by atoms with van der Waals surface area (Å²) in [5.41, 5.74) is 0.104. The SMILES string of the molecule is C[C@@H]1CN(c2nc(=O)n(C)c3c2nc(CC#N)n3CC(F)F)[C@@H](C)CN1. The second kappa shape index (κ2) is 6.99. The standard InChI is InChI=1S/C16H21F2N7O/c1-9-7-24(10(2)6-20-9)14-13-15(23(3)16(26)22-14)25(8-11(17)18)12(21-13)4-5-19/h9-11,20H,4,6-8H2,1-3H3/t9-,10+/m1/s1. The van der Waals surface area contributed by atoms with Gasteiger partial charge in [-0.05, 0) is 13.8 Å². The van der Waals surface area contributed by atoms with E-state index in [0.29, 0.717) is 24.4 Å².